The molecule has 0 spiro atoms. The van der Waals surface area contributed by atoms with E-state index in [0.29, 0.717) is 13.1 Å². The number of hydrogen-bond donors (Lipinski definition) is 2. The average Bonchev–Trinajstić information content (AvgIpc) is 2.51. The number of thioether (sulfide) groups is 1. The van der Waals surface area contributed by atoms with Gasteiger partial charge in [0.2, 0.25) is 0 Å². The van der Waals surface area contributed by atoms with E-state index in [2.05, 4.69) is 5.16 Å². The van der Waals surface area contributed by atoms with Gasteiger partial charge in [0.25, 0.3) is 0 Å². The highest BCUT2D eigenvalue weighted by molar-refractivity contribution is 7.99. The molecule has 1 aliphatic heterocycles. The van der Waals surface area contributed by atoms with E-state index in [4.69, 9.17) is 10.9 Å². The van der Waals surface area contributed by atoms with Crippen molar-refractivity contribution in [2.75, 3.05) is 31.1 Å². The van der Waals surface area contributed by atoms with E-state index in [1.165, 1.54) is 0 Å². The van der Waals surface area contributed by atoms with Crippen molar-refractivity contribution in [1.82, 2.24) is 4.90 Å². The molecule has 0 amide bonds. The largest absolute Gasteiger partial charge is 0.409 e. The summed E-state index contributed by atoms with van der Waals surface area (Å²) in [4.78, 5) is 1.72. The van der Waals surface area contributed by atoms with E-state index < -0.39 is 17.9 Å². The zero-order valence-corrected chi connectivity index (χ0v) is 10.1. The highest BCUT2D eigenvalue weighted by Gasteiger charge is 2.43. The van der Waals surface area contributed by atoms with E-state index in [9.17, 15) is 13.2 Å². The topological polar surface area (TPSA) is 61.9 Å². The van der Waals surface area contributed by atoms with Gasteiger partial charge in [-0.1, -0.05) is 5.16 Å². The molecular weight excluding hydrogens is 255 g/mol. The number of alkyl halides is 3. The first kappa shape index (κ1) is 14.4. The zero-order valence-electron chi connectivity index (χ0n) is 9.28. The molecule has 0 aromatic carbocycles. The molecule has 0 bridgehead atoms. The first-order valence-electron chi connectivity index (χ1n) is 5.29. The summed E-state index contributed by atoms with van der Waals surface area (Å²) in [5, 5.41) is 10.9. The quantitative estimate of drug-likeness (QED) is 0.352. The molecule has 1 saturated heterocycles. The van der Waals surface area contributed by atoms with Gasteiger partial charge < -0.3 is 15.8 Å². The lowest BCUT2D eigenvalue weighted by atomic mass is 10.1. The molecule has 0 aliphatic carbocycles. The summed E-state index contributed by atoms with van der Waals surface area (Å²) in [5.74, 6) is -0.873. The van der Waals surface area contributed by atoms with Gasteiger partial charge in [-0.3, -0.25) is 0 Å². The Morgan fingerprint density at radius 2 is 2.12 bits per heavy atom. The molecule has 3 N–H and O–H groups in total. The second-order valence-corrected chi connectivity index (χ2v) is 5.11. The fourth-order valence-electron chi connectivity index (χ4n) is 1.67. The van der Waals surface area contributed by atoms with Crippen LogP contribution in [-0.2, 0) is 0 Å². The van der Waals surface area contributed by atoms with Gasteiger partial charge in [0.15, 0.2) is 5.84 Å². The molecule has 1 rings (SSSR count). The summed E-state index contributed by atoms with van der Waals surface area (Å²) in [6.45, 7) is 0.994. The maximum atomic E-state index is 12.7. The van der Waals surface area contributed by atoms with E-state index in [0.717, 1.165) is 17.9 Å². The Kier molecular flexibility index (Phi) is 5.38. The third-order valence-corrected chi connectivity index (χ3v) is 3.67. The molecule has 8 heteroatoms. The van der Waals surface area contributed by atoms with Crippen molar-refractivity contribution in [3.05, 3.63) is 0 Å². The average molecular weight is 271 g/mol. The maximum Gasteiger partial charge on any atom is 0.400 e. The van der Waals surface area contributed by atoms with Gasteiger partial charge >= 0.3 is 6.18 Å². The van der Waals surface area contributed by atoms with Crippen LogP contribution in [0.25, 0.3) is 0 Å². The van der Waals surface area contributed by atoms with E-state index in [1.807, 2.05) is 0 Å². The molecule has 0 radical (unpaired) electrons. The van der Waals surface area contributed by atoms with E-state index in [-0.39, 0.29) is 6.54 Å². The number of rotatable bonds is 3. The molecule has 1 heterocycles. The first-order valence-corrected chi connectivity index (χ1v) is 6.45. The predicted octanol–water partition coefficient (Wildman–Crippen LogP) is 1.35. The summed E-state index contributed by atoms with van der Waals surface area (Å²) >= 11 is 1.73. The van der Waals surface area contributed by atoms with Crippen molar-refractivity contribution in [1.29, 1.82) is 0 Å². The Morgan fingerprint density at radius 3 is 2.71 bits per heavy atom. The molecule has 17 heavy (non-hydrogen) atoms. The van der Waals surface area contributed by atoms with Crippen molar-refractivity contribution in [2.24, 2.45) is 16.8 Å². The Labute approximate surface area is 102 Å². The highest BCUT2D eigenvalue weighted by atomic mass is 32.2. The fourth-order valence-corrected chi connectivity index (χ4v) is 2.60. The van der Waals surface area contributed by atoms with Crippen LogP contribution in [0.5, 0.6) is 0 Å². The van der Waals surface area contributed by atoms with Crippen molar-refractivity contribution >= 4 is 17.6 Å². The standard InChI is InChI=1S/C9H16F3N3OS/c10-9(11,12)7(8(13)14-16)6-15-2-1-4-17-5-3-15/h7,16H,1-6H2,(H2,13,14). The lowest BCUT2D eigenvalue weighted by Crippen LogP contribution is -2.45. The summed E-state index contributed by atoms with van der Waals surface area (Å²) in [7, 11) is 0. The monoisotopic (exact) mass is 271 g/mol. The number of hydrogen-bond acceptors (Lipinski definition) is 4. The number of nitrogens with zero attached hydrogens (tertiary/aromatic N) is 2. The maximum absolute atomic E-state index is 12.7. The van der Waals surface area contributed by atoms with Gasteiger partial charge in [-0.2, -0.15) is 24.9 Å². The third-order valence-electron chi connectivity index (χ3n) is 2.62. The summed E-state index contributed by atoms with van der Waals surface area (Å²) in [6, 6.07) is 0. The second-order valence-electron chi connectivity index (χ2n) is 3.89. The molecule has 1 aliphatic rings. The smallest absolute Gasteiger partial charge is 0.400 e. The first-order chi connectivity index (χ1) is 7.95. The Morgan fingerprint density at radius 1 is 1.41 bits per heavy atom. The molecule has 1 atom stereocenters. The number of oxime groups is 1. The second kappa shape index (κ2) is 6.34. The van der Waals surface area contributed by atoms with Gasteiger partial charge in [-0.15, -0.1) is 0 Å². The van der Waals surface area contributed by atoms with Crippen LogP contribution >= 0.6 is 11.8 Å². The van der Waals surface area contributed by atoms with Gasteiger partial charge in [0.05, 0.1) is 0 Å². The highest BCUT2D eigenvalue weighted by Crippen LogP contribution is 2.27. The van der Waals surface area contributed by atoms with Crippen LogP contribution in [0.4, 0.5) is 13.2 Å². The number of nitrogens with two attached hydrogens (primary N) is 1. The molecule has 100 valence electrons. The minimum atomic E-state index is -4.48. The summed E-state index contributed by atoms with van der Waals surface area (Å²) in [6.07, 6.45) is -3.61. The summed E-state index contributed by atoms with van der Waals surface area (Å²) in [5.41, 5.74) is 5.11. The lowest BCUT2D eigenvalue weighted by molar-refractivity contribution is -0.160. The molecule has 1 fully saturated rings. The summed E-state index contributed by atoms with van der Waals surface area (Å²) < 4.78 is 38.1. The van der Waals surface area contributed by atoms with Crippen LogP contribution in [0.1, 0.15) is 6.42 Å². The van der Waals surface area contributed by atoms with Gasteiger partial charge in [0, 0.05) is 18.8 Å². The molecule has 0 aromatic rings. The Balaban J connectivity index is 2.65. The van der Waals surface area contributed by atoms with Crippen LogP contribution in [0.2, 0.25) is 0 Å². The normalized spacial score (nSPS) is 22.2. The Hall–Kier alpha value is -0.630. The van der Waals surface area contributed by atoms with E-state index >= 15 is 0 Å². The van der Waals surface area contributed by atoms with E-state index in [1.54, 1.807) is 16.7 Å². The molecule has 0 saturated carbocycles. The lowest BCUT2D eigenvalue weighted by Gasteiger charge is -2.26. The molecule has 1 unspecified atom stereocenters. The van der Waals surface area contributed by atoms with Crippen molar-refractivity contribution in [3.63, 3.8) is 0 Å². The number of halogens is 3. The number of amidine groups is 1. The van der Waals surface area contributed by atoms with Crippen LogP contribution < -0.4 is 5.73 Å². The SMILES string of the molecule is NC(=NO)C(CN1CCCSCC1)C(F)(F)F. The molecule has 4 nitrogen and oxygen atoms in total. The van der Waals surface area contributed by atoms with Crippen LogP contribution in [0.15, 0.2) is 5.16 Å². The van der Waals surface area contributed by atoms with Crippen LogP contribution in [-0.4, -0.2) is 53.3 Å². The van der Waals surface area contributed by atoms with Crippen molar-refractivity contribution < 1.29 is 18.4 Å². The van der Waals surface area contributed by atoms with Crippen molar-refractivity contribution in [3.8, 4) is 0 Å². The third kappa shape index (κ3) is 4.63. The van der Waals surface area contributed by atoms with Gasteiger partial charge in [0.1, 0.15) is 5.92 Å². The molecule has 0 aromatic heterocycles. The van der Waals surface area contributed by atoms with Gasteiger partial charge in [-0.05, 0) is 18.7 Å². The van der Waals surface area contributed by atoms with Crippen molar-refractivity contribution in [2.45, 2.75) is 12.6 Å². The van der Waals surface area contributed by atoms with Crippen LogP contribution in [0, 0.1) is 5.92 Å². The zero-order chi connectivity index (χ0) is 12.9. The predicted molar refractivity (Wildman–Crippen MR) is 61.3 cm³/mol. The minimum Gasteiger partial charge on any atom is -0.409 e. The Bertz CT molecular complexity index is 265. The van der Waals surface area contributed by atoms with Gasteiger partial charge in [-0.25, -0.2) is 0 Å². The fraction of sp³-hybridized carbons (Fsp3) is 0.889. The van der Waals surface area contributed by atoms with Crippen LogP contribution in [0.3, 0.4) is 0 Å². The molecular formula is C9H16F3N3OS. The minimum absolute atomic E-state index is 0.236.